The first kappa shape index (κ1) is 17.1. The summed E-state index contributed by atoms with van der Waals surface area (Å²) < 4.78 is 5.82. The summed E-state index contributed by atoms with van der Waals surface area (Å²) in [7, 11) is 0.861. The zero-order valence-electron chi connectivity index (χ0n) is 11.3. The van der Waals surface area contributed by atoms with Crippen LogP contribution in [0, 0.1) is 0 Å². The van der Waals surface area contributed by atoms with E-state index in [1.54, 1.807) is 0 Å². The second kappa shape index (κ2) is 8.24. The number of halogens is 1. The molecule has 1 unspecified atom stereocenters. The molecule has 0 aliphatic heterocycles. The molecule has 0 aliphatic rings. The largest absolute Gasteiger partial charge is 1.00 e. The van der Waals surface area contributed by atoms with Gasteiger partial charge in [-0.05, 0) is 20.8 Å². The summed E-state index contributed by atoms with van der Waals surface area (Å²) in [5, 5.41) is 0. The fourth-order valence-corrected chi connectivity index (χ4v) is 6.05. The number of ether oxygens (including phenoxy) is 1. The number of methoxy groups -OCH3 is 1. The van der Waals surface area contributed by atoms with E-state index in [0.717, 1.165) is 0 Å². The zero-order valence-corrected chi connectivity index (χ0v) is 13.8. The van der Waals surface area contributed by atoms with Gasteiger partial charge in [0.15, 0.2) is 5.85 Å². The molecule has 0 spiro atoms. The topological polar surface area (TPSA) is 9.23 Å². The van der Waals surface area contributed by atoms with Gasteiger partial charge in [-0.25, -0.2) is 0 Å². The van der Waals surface area contributed by atoms with E-state index in [2.05, 4.69) is 51.1 Å². The van der Waals surface area contributed by atoms with Gasteiger partial charge in [0, 0.05) is 19.9 Å². The highest BCUT2D eigenvalue weighted by molar-refractivity contribution is 7.75. The van der Waals surface area contributed by atoms with Crippen LogP contribution in [0.5, 0.6) is 0 Å². The predicted octanol–water partition coefficient (Wildman–Crippen LogP) is 1.41. The highest BCUT2D eigenvalue weighted by atomic mass is 79.9. The van der Waals surface area contributed by atoms with Crippen LogP contribution in [0.3, 0.4) is 0 Å². The fraction of sp³-hybridized carbons (Fsp3) is 0.571. The van der Waals surface area contributed by atoms with Gasteiger partial charge in [0.25, 0.3) is 0 Å². The second-order valence-corrected chi connectivity index (χ2v) is 8.97. The van der Waals surface area contributed by atoms with Crippen LogP contribution in [0.2, 0.25) is 0 Å². The highest BCUT2D eigenvalue weighted by Gasteiger charge is 2.42. The Morgan fingerprint density at radius 3 is 1.82 bits per heavy atom. The third kappa shape index (κ3) is 3.77. The van der Waals surface area contributed by atoms with E-state index in [-0.39, 0.29) is 17.0 Å². The molecule has 1 rings (SSSR count). The Labute approximate surface area is 117 Å². The molecule has 0 aliphatic carbocycles. The third-order valence-corrected chi connectivity index (χ3v) is 8.98. The molecule has 1 nitrogen and oxygen atoms in total. The molecule has 0 amide bonds. The summed E-state index contributed by atoms with van der Waals surface area (Å²) in [6.07, 6.45) is 3.81. The normalized spacial score (nSPS) is 12.9. The van der Waals surface area contributed by atoms with E-state index in [0.29, 0.717) is 5.85 Å². The van der Waals surface area contributed by atoms with Gasteiger partial charge in [0.1, 0.15) is 0 Å². The minimum absolute atomic E-state index is 0. The zero-order chi connectivity index (χ0) is 12.0. The van der Waals surface area contributed by atoms with Crippen molar-refractivity contribution in [3.63, 3.8) is 0 Å². The fourth-order valence-electron chi connectivity index (χ4n) is 2.46. The Hall–Kier alpha value is 0.0900. The summed E-state index contributed by atoms with van der Waals surface area (Å²) in [5.41, 5.74) is 1.35. The summed E-state index contributed by atoms with van der Waals surface area (Å²) in [5.74, 6) is 0.327. The Morgan fingerprint density at radius 2 is 1.47 bits per heavy atom. The van der Waals surface area contributed by atoms with Gasteiger partial charge >= 0.3 is 0 Å². The van der Waals surface area contributed by atoms with Crippen LogP contribution in [-0.4, -0.2) is 25.6 Å². The first-order valence-electron chi connectivity index (χ1n) is 6.17. The van der Waals surface area contributed by atoms with Gasteiger partial charge < -0.3 is 21.7 Å². The van der Waals surface area contributed by atoms with E-state index in [1.165, 1.54) is 24.0 Å². The van der Waals surface area contributed by atoms with Crippen LogP contribution in [-0.2, 0) is 4.74 Å². The van der Waals surface area contributed by atoms with E-state index in [4.69, 9.17) is 4.74 Å². The maximum absolute atomic E-state index is 5.82. The quantitative estimate of drug-likeness (QED) is 0.721. The monoisotopic (exact) mass is 318 g/mol. The van der Waals surface area contributed by atoms with Crippen molar-refractivity contribution in [2.45, 2.75) is 26.6 Å². The molecule has 0 fully saturated rings. The molecule has 0 radical (unpaired) electrons. The molecule has 3 heteroatoms. The number of hydrogen-bond donors (Lipinski definition) is 0. The standard InChI is InChI=1S/C14H24OP.BrH/c1-5-16(6-2,7-3)14(15-4)13-11-9-8-10-12-13;/h8-12,14H,5-7H2,1-4H3;1H/q+1;/p-1. The van der Waals surface area contributed by atoms with Gasteiger partial charge in [0.05, 0.1) is 18.5 Å². The molecule has 98 valence electrons. The Kier molecular flexibility index (Phi) is 8.28. The van der Waals surface area contributed by atoms with Crippen LogP contribution >= 0.6 is 7.26 Å². The second-order valence-electron chi connectivity index (χ2n) is 4.17. The first-order chi connectivity index (χ1) is 7.74. The van der Waals surface area contributed by atoms with Crippen molar-refractivity contribution in [2.24, 2.45) is 0 Å². The maximum atomic E-state index is 5.82. The number of hydrogen-bond acceptors (Lipinski definition) is 1. The molecule has 0 saturated carbocycles. The molecule has 0 aromatic heterocycles. The molecule has 17 heavy (non-hydrogen) atoms. The van der Waals surface area contributed by atoms with Crippen molar-refractivity contribution in [3.8, 4) is 0 Å². The first-order valence-corrected chi connectivity index (χ1v) is 8.59. The van der Waals surface area contributed by atoms with Crippen LogP contribution in [0.1, 0.15) is 32.2 Å². The highest BCUT2D eigenvalue weighted by Crippen LogP contribution is 2.69. The van der Waals surface area contributed by atoms with Crippen LogP contribution in [0.4, 0.5) is 0 Å². The van der Waals surface area contributed by atoms with E-state index in [1.807, 2.05) is 7.11 Å². The lowest BCUT2D eigenvalue weighted by atomic mass is 10.2. The van der Waals surface area contributed by atoms with Crippen LogP contribution in [0.25, 0.3) is 0 Å². The molecule has 0 bridgehead atoms. The van der Waals surface area contributed by atoms with Crippen molar-refractivity contribution in [3.05, 3.63) is 35.9 Å². The summed E-state index contributed by atoms with van der Waals surface area (Å²) in [6, 6.07) is 10.7. The van der Waals surface area contributed by atoms with Crippen LogP contribution in [0.15, 0.2) is 30.3 Å². The van der Waals surface area contributed by atoms with Crippen LogP contribution < -0.4 is 17.0 Å². The maximum Gasteiger partial charge on any atom is 0.192 e. The Morgan fingerprint density at radius 1 is 1.00 bits per heavy atom. The molecule has 1 aromatic rings. The van der Waals surface area contributed by atoms with Gasteiger partial charge in [-0.3, -0.25) is 0 Å². The minimum Gasteiger partial charge on any atom is -1.00 e. The van der Waals surface area contributed by atoms with E-state index >= 15 is 0 Å². The average Bonchev–Trinajstić information content (AvgIpc) is 2.37. The van der Waals surface area contributed by atoms with Gasteiger partial charge in [-0.1, -0.05) is 30.3 Å². The Bertz CT molecular complexity index is 290. The van der Waals surface area contributed by atoms with Gasteiger partial charge in [0.2, 0.25) is 0 Å². The lowest BCUT2D eigenvalue weighted by Crippen LogP contribution is -3.00. The molecule has 0 N–H and O–H groups in total. The molecule has 1 aromatic carbocycles. The van der Waals surface area contributed by atoms with Crippen molar-refractivity contribution in [1.29, 1.82) is 0 Å². The van der Waals surface area contributed by atoms with Gasteiger partial charge in [-0.2, -0.15) is 0 Å². The minimum atomic E-state index is -0.993. The van der Waals surface area contributed by atoms with Crippen molar-refractivity contribution < 1.29 is 21.7 Å². The summed E-state index contributed by atoms with van der Waals surface area (Å²) >= 11 is 0. The molecular formula is C14H24BrOP. The predicted molar refractivity (Wildman–Crippen MR) is 74.7 cm³/mol. The lowest BCUT2D eigenvalue weighted by Gasteiger charge is -2.31. The van der Waals surface area contributed by atoms with E-state index in [9.17, 15) is 0 Å². The molecule has 0 heterocycles. The lowest BCUT2D eigenvalue weighted by molar-refractivity contribution is -0.00000380. The SMILES string of the molecule is CC[P+](CC)(CC)C(OC)c1ccccc1.[Br-]. The molecule has 1 atom stereocenters. The average molecular weight is 319 g/mol. The summed E-state index contributed by atoms with van der Waals surface area (Å²) in [4.78, 5) is 0. The Balaban J connectivity index is 0.00000256. The molecule has 0 saturated heterocycles. The van der Waals surface area contributed by atoms with Crippen molar-refractivity contribution in [2.75, 3.05) is 25.6 Å². The van der Waals surface area contributed by atoms with Crippen molar-refractivity contribution in [1.82, 2.24) is 0 Å². The van der Waals surface area contributed by atoms with E-state index < -0.39 is 7.26 Å². The smallest absolute Gasteiger partial charge is 0.192 e. The summed E-state index contributed by atoms with van der Waals surface area (Å²) in [6.45, 7) is 6.95. The van der Waals surface area contributed by atoms with Crippen molar-refractivity contribution >= 4 is 7.26 Å². The number of rotatable bonds is 6. The molecular weight excluding hydrogens is 295 g/mol. The third-order valence-electron chi connectivity index (χ3n) is 3.69. The number of benzene rings is 1. The van der Waals surface area contributed by atoms with Gasteiger partial charge in [-0.15, -0.1) is 0 Å².